The molecule has 1 nitrogen and oxygen atoms in total. The quantitative estimate of drug-likeness (QED) is 0.127. The molecule has 8 aromatic rings. The highest BCUT2D eigenvalue weighted by Gasteiger charge is 2.32. The van der Waals surface area contributed by atoms with Crippen molar-refractivity contribution in [3.8, 4) is 11.1 Å². The Morgan fingerprint density at radius 1 is 0.423 bits per heavy atom. The first kappa shape index (κ1) is 33.2. The van der Waals surface area contributed by atoms with Crippen LogP contribution in [0, 0.1) is 0 Å². The highest BCUT2D eigenvalue weighted by molar-refractivity contribution is 7.19. The second kappa shape index (κ2) is 14.3. The van der Waals surface area contributed by atoms with Crippen LogP contribution in [0.1, 0.15) is 37.9 Å². The first-order chi connectivity index (χ1) is 25.6. The Balaban J connectivity index is 0.000000149. The lowest BCUT2D eigenvalue weighted by atomic mass is 9.13. The van der Waals surface area contributed by atoms with Crippen LogP contribution in [0.5, 0.6) is 0 Å². The van der Waals surface area contributed by atoms with E-state index in [1.165, 1.54) is 65.6 Å². The van der Waals surface area contributed by atoms with Crippen LogP contribution in [0.15, 0.2) is 194 Å². The van der Waals surface area contributed by atoms with Crippen LogP contribution in [-0.2, 0) is 0 Å². The summed E-state index contributed by atoms with van der Waals surface area (Å²) in [6.07, 6.45) is 1.15. The molecule has 1 heterocycles. The van der Waals surface area contributed by atoms with Gasteiger partial charge in [-0.05, 0) is 41.5 Å². The van der Waals surface area contributed by atoms with E-state index in [1.54, 1.807) is 0 Å². The zero-order valence-electron chi connectivity index (χ0n) is 30.2. The van der Waals surface area contributed by atoms with Gasteiger partial charge in [0.15, 0.2) is 12.3 Å². The van der Waals surface area contributed by atoms with Crippen molar-refractivity contribution in [3.05, 3.63) is 205 Å². The molecule has 9 rings (SSSR count). The van der Waals surface area contributed by atoms with E-state index in [0.29, 0.717) is 12.1 Å². The average Bonchev–Trinajstić information content (AvgIpc) is 3.34. The largest absolute Gasteiger partial charge is 0.227 e. The second-order valence-corrected chi connectivity index (χ2v) is 14.4. The molecular weight excluding hydrogens is 625 g/mol. The molecular formula is C50H44BN. The summed E-state index contributed by atoms with van der Waals surface area (Å²) in [5.41, 5.74) is 10.8. The van der Waals surface area contributed by atoms with Gasteiger partial charge in [-0.2, -0.15) is 21.9 Å². The van der Waals surface area contributed by atoms with Gasteiger partial charge in [-0.1, -0.05) is 188 Å². The van der Waals surface area contributed by atoms with Crippen LogP contribution >= 0.6 is 0 Å². The second-order valence-electron chi connectivity index (χ2n) is 14.4. The molecule has 0 saturated heterocycles. The third-order valence-corrected chi connectivity index (χ3v) is 11.2. The molecule has 0 N–H and O–H groups in total. The summed E-state index contributed by atoms with van der Waals surface area (Å²) in [7, 11) is 0. The minimum atomic E-state index is -1.22. The van der Waals surface area contributed by atoms with E-state index in [9.17, 15) is 0 Å². The Hall–Kier alpha value is -5.99. The van der Waals surface area contributed by atoms with Crippen molar-refractivity contribution in [1.29, 1.82) is 0 Å². The maximum atomic E-state index is 2.49. The van der Waals surface area contributed by atoms with E-state index in [2.05, 4.69) is 226 Å². The predicted octanol–water partition coefficient (Wildman–Crippen LogP) is 9.64. The van der Waals surface area contributed by atoms with Crippen molar-refractivity contribution >= 4 is 55.8 Å². The molecule has 2 heteroatoms. The lowest BCUT2D eigenvalue weighted by molar-refractivity contribution is -0.592. The molecule has 0 spiro atoms. The van der Waals surface area contributed by atoms with E-state index in [0.717, 1.165) is 0 Å². The minimum Gasteiger partial charge on any atom is -0.227 e. The number of rotatable bonds is 5. The van der Waals surface area contributed by atoms with E-state index in [4.69, 9.17) is 0 Å². The third kappa shape index (κ3) is 5.85. The fourth-order valence-corrected chi connectivity index (χ4v) is 8.74. The Labute approximate surface area is 308 Å². The standard InChI is InChI=1S/C26H24N.C24H20B/c1-17(2)27-16-21-13-12-19-8-4-6-10-23(19)25(21)26-22(18(27)3)15-14-20-9-5-7-11-24(20)26;1-5-13-21(14-6-1)25(22-15-7-2-8-16-22,23-17-9-3-10-18-23)24-19-11-4-12-20-24/h4-18H,1-3H3;1-20H/q+1;-1/t18-;/m1./s1. The molecule has 0 saturated carbocycles. The molecule has 0 radical (unpaired) electrons. The van der Waals surface area contributed by atoms with Gasteiger partial charge in [-0.25, -0.2) is 4.58 Å². The SMILES string of the molecule is CC(C)[N+]1=Cc2ccc3ccccc3c2-c2c(ccc3ccccc23)[C@H]1C.c1ccc([B-](c2ccccc2)(c2ccccc2)c2ccccc2)cc1. The molecule has 1 aliphatic rings. The van der Waals surface area contributed by atoms with Gasteiger partial charge in [0.2, 0.25) is 0 Å². The van der Waals surface area contributed by atoms with Gasteiger partial charge < -0.3 is 0 Å². The van der Waals surface area contributed by atoms with Crippen molar-refractivity contribution in [1.82, 2.24) is 0 Å². The molecule has 0 unspecified atom stereocenters. The van der Waals surface area contributed by atoms with Gasteiger partial charge in [-0.15, -0.1) is 0 Å². The Bertz CT molecular complexity index is 2320. The van der Waals surface area contributed by atoms with Crippen molar-refractivity contribution in [2.45, 2.75) is 32.9 Å². The summed E-state index contributed by atoms with van der Waals surface area (Å²) in [6.45, 7) is 6.89. The first-order valence-corrected chi connectivity index (χ1v) is 18.6. The number of hydrogen-bond donors (Lipinski definition) is 0. The van der Waals surface area contributed by atoms with Gasteiger partial charge >= 0.3 is 0 Å². The maximum Gasteiger partial charge on any atom is 0.176 e. The summed E-state index contributed by atoms with van der Waals surface area (Å²) in [4.78, 5) is 0. The highest BCUT2D eigenvalue weighted by Crippen LogP contribution is 2.43. The third-order valence-electron chi connectivity index (χ3n) is 11.2. The van der Waals surface area contributed by atoms with E-state index >= 15 is 0 Å². The average molecular weight is 670 g/mol. The molecule has 1 atom stereocenters. The predicted molar refractivity (Wildman–Crippen MR) is 226 cm³/mol. The fraction of sp³-hybridized carbons (Fsp3) is 0.100. The van der Waals surface area contributed by atoms with Gasteiger partial charge in [-0.3, -0.25) is 0 Å². The molecule has 8 aromatic carbocycles. The Kier molecular flexibility index (Phi) is 9.14. The number of nitrogens with zero attached hydrogens (tertiary/aromatic N) is 1. The first-order valence-electron chi connectivity index (χ1n) is 18.6. The van der Waals surface area contributed by atoms with Crippen molar-refractivity contribution < 1.29 is 4.58 Å². The van der Waals surface area contributed by atoms with Gasteiger partial charge in [0.25, 0.3) is 0 Å². The van der Waals surface area contributed by atoms with Crippen molar-refractivity contribution in [2.24, 2.45) is 0 Å². The lowest BCUT2D eigenvalue weighted by Crippen LogP contribution is -2.74. The smallest absolute Gasteiger partial charge is 0.176 e. The molecule has 0 amide bonds. The van der Waals surface area contributed by atoms with Crippen LogP contribution in [0.25, 0.3) is 32.7 Å². The van der Waals surface area contributed by atoms with Gasteiger partial charge in [0.1, 0.15) is 12.2 Å². The molecule has 0 fully saturated rings. The zero-order valence-corrected chi connectivity index (χ0v) is 30.2. The number of benzene rings is 8. The van der Waals surface area contributed by atoms with E-state index in [-0.39, 0.29) is 0 Å². The molecule has 0 aromatic heterocycles. The summed E-state index contributed by atoms with van der Waals surface area (Å²) in [5.74, 6) is 0. The Morgan fingerprint density at radius 3 is 1.25 bits per heavy atom. The zero-order chi connectivity index (χ0) is 35.5. The molecule has 52 heavy (non-hydrogen) atoms. The molecule has 0 bridgehead atoms. The number of hydrogen-bond acceptors (Lipinski definition) is 0. The van der Waals surface area contributed by atoms with Crippen LogP contribution < -0.4 is 21.9 Å². The maximum absolute atomic E-state index is 2.49. The monoisotopic (exact) mass is 669 g/mol. The van der Waals surface area contributed by atoms with Gasteiger partial charge in [0, 0.05) is 29.2 Å². The molecule has 0 aliphatic carbocycles. The van der Waals surface area contributed by atoms with E-state index in [1.807, 2.05) is 0 Å². The fourth-order valence-electron chi connectivity index (χ4n) is 8.74. The highest BCUT2D eigenvalue weighted by atomic mass is 15.1. The molecule has 252 valence electrons. The van der Waals surface area contributed by atoms with E-state index < -0.39 is 6.15 Å². The van der Waals surface area contributed by atoms with Crippen LogP contribution in [0.4, 0.5) is 0 Å². The number of fused-ring (bicyclic) bond motifs is 7. The minimum absolute atomic E-state index is 0.329. The summed E-state index contributed by atoms with van der Waals surface area (Å²) in [6, 6.07) is 71.0. The summed E-state index contributed by atoms with van der Waals surface area (Å²) >= 11 is 0. The van der Waals surface area contributed by atoms with Crippen LogP contribution in [0.2, 0.25) is 0 Å². The topological polar surface area (TPSA) is 3.01 Å². The lowest BCUT2D eigenvalue weighted by Gasteiger charge is -2.44. The molecule has 1 aliphatic heterocycles. The normalized spacial score (nSPS) is 13.8. The van der Waals surface area contributed by atoms with Crippen LogP contribution in [0.3, 0.4) is 0 Å². The summed E-state index contributed by atoms with van der Waals surface area (Å²) < 4.78 is 2.49. The van der Waals surface area contributed by atoms with Crippen molar-refractivity contribution in [3.63, 3.8) is 0 Å². The van der Waals surface area contributed by atoms with Crippen LogP contribution in [-0.4, -0.2) is 23.0 Å². The Morgan fingerprint density at radius 2 is 0.808 bits per heavy atom. The summed E-state index contributed by atoms with van der Waals surface area (Å²) in [5, 5.41) is 5.29. The van der Waals surface area contributed by atoms with Gasteiger partial charge in [0.05, 0.1) is 0 Å². The van der Waals surface area contributed by atoms with Crippen molar-refractivity contribution in [2.75, 3.05) is 0 Å².